The second kappa shape index (κ2) is 8.49. The van der Waals surface area contributed by atoms with E-state index in [0.29, 0.717) is 22.1 Å². The molecule has 2 aromatic heterocycles. The fraction of sp³-hybridized carbons (Fsp3) is 0. The van der Waals surface area contributed by atoms with Gasteiger partial charge in [-0.1, -0.05) is 40.2 Å². The zero-order chi connectivity index (χ0) is 21.1. The molecule has 7 heteroatoms. The molecule has 2 aromatic carbocycles. The Balaban J connectivity index is 1.59. The van der Waals surface area contributed by atoms with Crippen LogP contribution in [0.5, 0.6) is 0 Å². The minimum atomic E-state index is -0.978. The predicted molar refractivity (Wildman–Crippen MR) is 120 cm³/mol. The normalized spacial score (nSPS) is 11.3. The third-order valence-corrected chi connectivity index (χ3v) is 5.73. The number of hydrogen-bond donors (Lipinski definition) is 1. The van der Waals surface area contributed by atoms with Gasteiger partial charge in [0.05, 0.1) is 16.8 Å². The topological polar surface area (TPSA) is 87.1 Å². The fourth-order valence-corrected chi connectivity index (χ4v) is 3.86. The van der Waals surface area contributed by atoms with E-state index in [9.17, 15) is 10.1 Å². The molecule has 0 unspecified atom stereocenters. The van der Waals surface area contributed by atoms with Crippen LogP contribution in [0.25, 0.3) is 34.2 Å². The Morgan fingerprint density at radius 1 is 1.07 bits per heavy atom. The van der Waals surface area contributed by atoms with E-state index < -0.39 is 5.97 Å². The van der Waals surface area contributed by atoms with Crippen LogP contribution < -0.4 is 0 Å². The zero-order valence-electron chi connectivity index (χ0n) is 15.4. The molecule has 0 spiro atoms. The number of furan rings is 1. The van der Waals surface area contributed by atoms with E-state index in [1.165, 1.54) is 23.5 Å². The summed E-state index contributed by atoms with van der Waals surface area (Å²) in [6.45, 7) is 0. The third kappa shape index (κ3) is 4.25. The Kier molecular flexibility index (Phi) is 5.61. The van der Waals surface area contributed by atoms with Crippen molar-refractivity contribution >= 4 is 44.9 Å². The lowest BCUT2D eigenvalue weighted by Gasteiger charge is -1.98. The van der Waals surface area contributed by atoms with Crippen LogP contribution in [0.15, 0.2) is 74.9 Å². The van der Waals surface area contributed by atoms with Crippen LogP contribution in [-0.2, 0) is 0 Å². The standard InChI is InChI=1S/C23H13BrN2O3S/c24-18-7-5-14(6-8-18)20-13-30-22(26-20)17(12-25)11-19-9-10-21(29-19)15-1-3-16(4-2-15)23(27)28/h1-11,13H,(H,27,28). The van der Waals surface area contributed by atoms with Crippen LogP contribution in [-0.4, -0.2) is 16.1 Å². The molecule has 0 aliphatic rings. The molecule has 30 heavy (non-hydrogen) atoms. The van der Waals surface area contributed by atoms with E-state index in [0.717, 1.165) is 21.3 Å². The highest BCUT2D eigenvalue weighted by atomic mass is 79.9. The van der Waals surface area contributed by atoms with Crippen LogP contribution in [0.1, 0.15) is 21.1 Å². The number of aromatic nitrogens is 1. The van der Waals surface area contributed by atoms with Crippen molar-refractivity contribution in [2.75, 3.05) is 0 Å². The van der Waals surface area contributed by atoms with E-state index in [4.69, 9.17) is 9.52 Å². The minimum absolute atomic E-state index is 0.211. The average molecular weight is 477 g/mol. The Bertz CT molecular complexity index is 1280. The van der Waals surface area contributed by atoms with Crippen molar-refractivity contribution < 1.29 is 14.3 Å². The maximum absolute atomic E-state index is 11.0. The van der Waals surface area contributed by atoms with Crippen molar-refractivity contribution in [3.8, 4) is 28.7 Å². The summed E-state index contributed by atoms with van der Waals surface area (Å²) in [5.74, 6) is 0.128. The molecular weight excluding hydrogens is 464 g/mol. The van der Waals surface area contributed by atoms with Gasteiger partial charge < -0.3 is 9.52 Å². The summed E-state index contributed by atoms with van der Waals surface area (Å²) >= 11 is 4.81. The first-order valence-corrected chi connectivity index (χ1v) is 10.5. The number of rotatable bonds is 5. The van der Waals surface area contributed by atoms with Crippen molar-refractivity contribution in [3.63, 3.8) is 0 Å². The first-order valence-electron chi connectivity index (χ1n) is 8.81. The molecule has 5 nitrogen and oxygen atoms in total. The molecule has 0 aliphatic heterocycles. The highest BCUT2D eigenvalue weighted by molar-refractivity contribution is 9.10. The molecule has 0 aliphatic carbocycles. The lowest BCUT2D eigenvalue weighted by Crippen LogP contribution is -1.94. The lowest BCUT2D eigenvalue weighted by atomic mass is 10.1. The van der Waals surface area contributed by atoms with Gasteiger partial charge in [-0.25, -0.2) is 9.78 Å². The maximum Gasteiger partial charge on any atom is 0.335 e. The number of benzene rings is 2. The van der Waals surface area contributed by atoms with Gasteiger partial charge in [-0.3, -0.25) is 0 Å². The van der Waals surface area contributed by atoms with Crippen LogP contribution >= 0.6 is 27.3 Å². The summed E-state index contributed by atoms with van der Waals surface area (Å²) in [7, 11) is 0. The van der Waals surface area contributed by atoms with E-state index in [-0.39, 0.29) is 5.56 Å². The third-order valence-electron chi connectivity index (χ3n) is 4.32. The van der Waals surface area contributed by atoms with Crippen molar-refractivity contribution in [2.45, 2.75) is 0 Å². The Morgan fingerprint density at radius 2 is 1.77 bits per heavy atom. The monoisotopic (exact) mass is 476 g/mol. The molecule has 0 atom stereocenters. The van der Waals surface area contributed by atoms with Gasteiger partial charge in [0.15, 0.2) is 0 Å². The van der Waals surface area contributed by atoms with Gasteiger partial charge in [0.1, 0.15) is 22.6 Å². The largest absolute Gasteiger partial charge is 0.478 e. The molecule has 0 fully saturated rings. The molecule has 0 saturated carbocycles. The van der Waals surface area contributed by atoms with Crippen molar-refractivity contribution in [3.05, 3.63) is 86.8 Å². The molecular formula is C23H13BrN2O3S. The second-order valence-electron chi connectivity index (χ2n) is 6.30. The van der Waals surface area contributed by atoms with Gasteiger partial charge in [-0.05, 0) is 36.4 Å². The highest BCUT2D eigenvalue weighted by Gasteiger charge is 2.11. The van der Waals surface area contributed by atoms with Crippen molar-refractivity contribution in [2.24, 2.45) is 0 Å². The van der Waals surface area contributed by atoms with E-state index in [2.05, 4.69) is 27.0 Å². The molecule has 4 rings (SSSR count). The maximum atomic E-state index is 11.0. The number of aromatic carboxylic acids is 1. The number of nitriles is 1. The number of allylic oxidation sites excluding steroid dienone is 1. The summed E-state index contributed by atoms with van der Waals surface area (Å²) in [5.41, 5.74) is 3.16. The highest BCUT2D eigenvalue weighted by Crippen LogP contribution is 2.29. The summed E-state index contributed by atoms with van der Waals surface area (Å²) < 4.78 is 6.82. The van der Waals surface area contributed by atoms with Gasteiger partial charge in [0.25, 0.3) is 0 Å². The molecule has 146 valence electrons. The second-order valence-corrected chi connectivity index (χ2v) is 8.07. The van der Waals surface area contributed by atoms with E-state index in [1.807, 2.05) is 29.6 Å². The number of thiazole rings is 1. The first-order chi connectivity index (χ1) is 14.5. The number of nitrogens with zero attached hydrogens (tertiary/aromatic N) is 2. The van der Waals surface area contributed by atoms with E-state index in [1.54, 1.807) is 30.3 Å². The molecule has 1 N–H and O–H groups in total. The van der Waals surface area contributed by atoms with Gasteiger partial charge in [-0.2, -0.15) is 5.26 Å². The van der Waals surface area contributed by atoms with Gasteiger partial charge in [0.2, 0.25) is 0 Å². The van der Waals surface area contributed by atoms with Crippen LogP contribution in [0.3, 0.4) is 0 Å². The van der Waals surface area contributed by atoms with Crippen LogP contribution in [0, 0.1) is 11.3 Å². The quantitative estimate of drug-likeness (QED) is 0.328. The lowest BCUT2D eigenvalue weighted by molar-refractivity contribution is 0.0697. The molecule has 2 heterocycles. The van der Waals surface area contributed by atoms with Crippen molar-refractivity contribution in [1.82, 2.24) is 4.98 Å². The smallest absolute Gasteiger partial charge is 0.335 e. The Hall–Kier alpha value is -3.47. The van der Waals surface area contributed by atoms with Crippen molar-refractivity contribution in [1.29, 1.82) is 5.26 Å². The van der Waals surface area contributed by atoms with Crippen LogP contribution in [0.4, 0.5) is 0 Å². The molecule has 0 bridgehead atoms. The number of hydrogen-bond acceptors (Lipinski definition) is 5. The van der Waals surface area contributed by atoms with Crippen LogP contribution in [0.2, 0.25) is 0 Å². The number of carboxylic acid groups (broad SMARTS) is 1. The number of halogens is 1. The summed E-state index contributed by atoms with van der Waals surface area (Å²) in [6.07, 6.45) is 1.65. The molecule has 0 radical (unpaired) electrons. The van der Waals surface area contributed by atoms with Gasteiger partial charge in [-0.15, -0.1) is 11.3 Å². The average Bonchev–Trinajstić information content (AvgIpc) is 3.42. The van der Waals surface area contributed by atoms with Gasteiger partial charge >= 0.3 is 5.97 Å². The molecule has 0 amide bonds. The Labute approximate surface area is 184 Å². The zero-order valence-corrected chi connectivity index (χ0v) is 17.8. The molecule has 0 saturated heterocycles. The summed E-state index contributed by atoms with van der Waals surface area (Å²) in [6, 6.07) is 20.0. The fourth-order valence-electron chi connectivity index (χ4n) is 2.80. The summed E-state index contributed by atoms with van der Waals surface area (Å²) in [4.78, 5) is 15.6. The van der Waals surface area contributed by atoms with Gasteiger partial charge in [0, 0.05) is 27.1 Å². The SMILES string of the molecule is N#CC(=Cc1ccc(-c2ccc(C(=O)O)cc2)o1)c1nc(-c2ccc(Br)cc2)cs1. The van der Waals surface area contributed by atoms with E-state index >= 15 is 0 Å². The minimum Gasteiger partial charge on any atom is -0.478 e. The first kappa shape index (κ1) is 19.8. The predicted octanol–water partition coefficient (Wildman–Crippen LogP) is 6.59. The Morgan fingerprint density at radius 3 is 2.43 bits per heavy atom. The number of carboxylic acids is 1. The number of carbonyl (C=O) groups is 1. The summed E-state index contributed by atoms with van der Waals surface area (Å²) in [5, 5.41) is 21.1. The molecule has 4 aromatic rings.